The standard InChI is InChI=1S/C11H16ClN5/c1-8(2)4-5-16(3)10-6-9(12)15-11-13-7-14-17(10)11/h6-8H,4-5H2,1-3H3. The molecule has 92 valence electrons. The molecule has 0 N–H and O–H groups in total. The Kier molecular flexibility index (Phi) is 3.47. The summed E-state index contributed by atoms with van der Waals surface area (Å²) < 4.78 is 1.70. The van der Waals surface area contributed by atoms with Crippen LogP contribution in [0, 0.1) is 5.92 Å². The quantitative estimate of drug-likeness (QED) is 0.785. The number of anilines is 1. The van der Waals surface area contributed by atoms with Gasteiger partial charge in [-0.05, 0) is 12.3 Å². The molecule has 0 spiro atoms. The number of halogens is 1. The molecule has 17 heavy (non-hydrogen) atoms. The Morgan fingerprint density at radius 1 is 1.47 bits per heavy atom. The third-order valence-electron chi connectivity index (χ3n) is 2.63. The zero-order chi connectivity index (χ0) is 12.4. The molecule has 0 aliphatic heterocycles. The fraction of sp³-hybridized carbons (Fsp3) is 0.545. The van der Waals surface area contributed by atoms with E-state index in [9.17, 15) is 0 Å². The maximum atomic E-state index is 5.97. The van der Waals surface area contributed by atoms with Crippen LogP contribution in [0.2, 0.25) is 5.15 Å². The van der Waals surface area contributed by atoms with Crippen molar-refractivity contribution in [1.29, 1.82) is 0 Å². The molecule has 0 radical (unpaired) electrons. The highest BCUT2D eigenvalue weighted by atomic mass is 35.5. The first-order valence-corrected chi connectivity index (χ1v) is 6.03. The maximum absolute atomic E-state index is 5.97. The van der Waals surface area contributed by atoms with Crippen molar-refractivity contribution in [3.63, 3.8) is 0 Å². The number of nitrogens with zero attached hydrogens (tertiary/aromatic N) is 5. The lowest BCUT2D eigenvalue weighted by Crippen LogP contribution is -2.22. The molecule has 0 unspecified atom stereocenters. The Labute approximate surface area is 105 Å². The van der Waals surface area contributed by atoms with Crippen molar-refractivity contribution < 1.29 is 0 Å². The van der Waals surface area contributed by atoms with Crippen LogP contribution in [0.15, 0.2) is 12.4 Å². The van der Waals surface area contributed by atoms with Gasteiger partial charge in [0.05, 0.1) is 0 Å². The summed E-state index contributed by atoms with van der Waals surface area (Å²) >= 11 is 5.97. The van der Waals surface area contributed by atoms with Crippen LogP contribution in [-0.4, -0.2) is 33.2 Å². The SMILES string of the molecule is CC(C)CCN(C)c1cc(Cl)nc2ncnn12. The van der Waals surface area contributed by atoms with Crippen molar-refractivity contribution in [3.05, 3.63) is 17.5 Å². The molecule has 0 aliphatic carbocycles. The van der Waals surface area contributed by atoms with Crippen LogP contribution in [0.25, 0.3) is 5.78 Å². The fourth-order valence-electron chi connectivity index (χ4n) is 1.61. The highest BCUT2D eigenvalue weighted by Gasteiger charge is 2.10. The van der Waals surface area contributed by atoms with Crippen LogP contribution in [0.1, 0.15) is 20.3 Å². The summed E-state index contributed by atoms with van der Waals surface area (Å²) in [7, 11) is 2.02. The molecular weight excluding hydrogens is 238 g/mol. The van der Waals surface area contributed by atoms with Gasteiger partial charge in [-0.25, -0.2) is 0 Å². The monoisotopic (exact) mass is 253 g/mol. The minimum Gasteiger partial charge on any atom is -0.359 e. The lowest BCUT2D eigenvalue weighted by atomic mass is 10.1. The van der Waals surface area contributed by atoms with E-state index in [1.165, 1.54) is 6.33 Å². The van der Waals surface area contributed by atoms with E-state index in [0.29, 0.717) is 16.8 Å². The average molecular weight is 254 g/mol. The van der Waals surface area contributed by atoms with Gasteiger partial charge in [0.25, 0.3) is 5.78 Å². The molecule has 2 heterocycles. The van der Waals surface area contributed by atoms with E-state index in [4.69, 9.17) is 11.6 Å². The van der Waals surface area contributed by atoms with Crippen LogP contribution in [-0.2, 0) is 0 Å². The number of rotatable bonds is 4. The predicted molar refractivity (Wildman–Crippen MR) is 68.5 cm³/mol. The van der Waals surface area contributed by atoms with E-state index >= 15 is 0 Å². The Hall–Kier alpha value is -1.36. The molecule has 0 aliphatic rings. The largest absolute Gasteiger partial charge is 0.359 e. The van der Waals surface area contributed by atoms with E-state index in [1.807, 2.05) is 13.1 Å². The van der Waals surface area contributed by atoms with Gasteiger partial charge in [0.15, 0.2) is 0 Å². The van der Waals surface area contributed by atoms with Gasteiger partial charge in [0, 0.05) is 19.7 Å². The van der Waals surface area contributed by atoms with Crippen molar-refractivity contribution in [1.82, 2.24) is 19.6 Å². The molecule has 0 aromatic carbocycles. The number of fused-ring (bicyclic) bond motifs is 1. The molecule has 6 heteroatoms. The average Bonchev–Trinajstić information content (AvgIpc) is 2.72. The first-order chi connectivity index (χ1) is 8.08. The van der Waals surface area contributed by atoms with Gasteiger partial charge in [-0.15, -0.1) is 0 Å². The molecule has 2 rings (SSSR count). The van der Waals surface area contributed by atoms with Crippen molar-refractivity contribution in [3.8, 4) is 0 Å². The van der Waals surface area contributed by atoms with Crippen LogP contribution in [0.3, 0.4) is 0 Å². The molecule has 0 amide bonds. The van der Waals surface area contributed by atoms with Crippen molar-refractivity contribution in [2.24, 2.45) is 5.92 Å². The number of hydrogen-bond acceptors (Lipinski definition) is 4. The highest BCUT2D eigenvalue weighted by Crippen LogP contribution is 2.18. The van der Waals surface area contributed by atoms with Gasteiger partial charge in [0.2, 0.25) is 0 Å². The molecule has 5 nitrogen and oxygen atoms in total. The first kappa shape index (κ1) is 12.1. The van der Waals surface area contributed by atoms with E-state index in [2.05, 4.69) is 33.8 Å². The molecule has 0 atom stereocenters. The van der Waals surface area contributed by atoms with Crippen LogP contribution >= 0.6 is 11.6 Å². The third kappa shape index (κ3) is 2.66. The zero-order valence-electron chi connectivity index (χ0n) is 10.3. The minimum absolute atomic E-state index is 0.442. The molecule has 0 bridgehead atoms. The van der Waals surface area contributed by atoms with E-state index in [0.717, 1.165) is 18.8 Å². The Balaban J connectivity index is 2.30. The summed E-state index contributed by atoms with van der Waals surface area (Å²) in [6.45, 7) is 5.36. The Morgan fingerprint density at radius 3 is 2.94 bits per heavy atom. The lowest BCUT2D eigenvalue weighted by molar-refractivity contribution is 0.581. The molecular formula is C11H16ClN5. The molecule has 2 aromatic rings. The van der Waals surface area contributed by atoms with E-state index in [1.54, 1.807) is 4.52 Å². The predicted octanol–water partition coefficient (Wildman–Crippen LogP) is 2.26. The van der Waals surface area contributed by atoms with E-state index < -0.39 is 0 Å². The van der Waals surface area contributed by atoms with Gasteiger partial charge in [-0.3, -0.25) is 0 Å². The van der Waals surface area contributed by atoms with Crippen molar-refractivity contribution in [2.75, 3.05) is 18.5 Å². The van der Waals surface area contributed by atoms with Crippen LogP contribution < -0.4 is 4.90 Å². The van der Waals surface area contributed by atoms with E-state index in [-0.39, 0.29) is 0 Å². The second-order valence-corrected chi connectivity index (χ2v) is 4.90. The van der Waals surface area contributed by atoms with Crippen LogP contribution in [0.4, 0.5) is 5.82 Å². The Bertz CT molecular complexity index is 508. The highest BCUT2D eigenvalue weighted by molar-refractivity contribution is 6.29. The second kappa shape index (κ2) is 4.87. The first-order valence-electron chi connectivity index (χ1n) is 5.65. The van der Waals surface area contributed by atoms with Gasteiger partial charge < -0.3 is 4.90 Å². The van der Waals surface area contributed by atoms with Gasteiger partial charge in [0.1, 0.15) is 17.3 Å². The van der Waals surface area contributed by atoms with Gasteiger partial charge in [-0.2, -0.15) is 19.6 Å². The summed E-state index contributed by atoms with van der Waals surface area (Å²) in [5.41, 5.74) is 0. The fourth-order valence-corrected chi connectivity index (χ4v) is 1.78. The third-order valence-corrected chi connectivity index (χ3v) is 2.83. The van der Waals surface area contributed by atoms with Gasteiger partial charge >= 0.3 is 0 Å². The van der Waals surface area contributed by atoms with Gasteiger partial charge in [-0.1, -0.05) is 25.4 Å². The lowest BCUT2D eigenvalue weighted by Gasteiger charge is -2.20. The van der Waals surface area contributed by atoms with Crippen molar-refractivity contribution >= 4 is 23.2 Å². The summed E-state index contributed by atoms with van der Waals surface area (Å²) in [6.07, 6.45) is 2.60. The molecule has 0 fully saturated rings. The van der Waals surface area contributed by atoms with Crippen molar-refractivity contribution in [2.45, 2.75) is 20.3 Å². The maximum Gasteiger partial charge on any atom is 0.255 e. The summed E-state index contributed by atoms with van der Waals surface area (Å²) in [4.78, 5) is 10.3. The smallest absolute Gasteiger partial charge is 0.255 e. The summed E-state index contributed by atoms with van der Waals surface area (Å²) in [6, 6.07) is 1.81. The topological polar surface area (TPSA) is 46.3 Å². The zero-order valence-corrected chi connectivity index (χ0v) is 11.0. The molecule has 2 aromatic heterocycles. The second-order valence-electron chi connectivity index (χ2n) is 4.51. The molecule has 0 saturated heterocycles. The minimum atomic E-state index is 0.442. The number of aromatic nitrogens is 4. The Morgan fingerprint density at radius 2 is 2.24 bits per heavy atom. The summed E-state index contributed by atoms with van der Waals surface area (Å²) in [5, 5.41) is 4.59. The normalized spacial score (nSPS) is 11.4. The van der Waals surface area contributed by atoms with Crippen LogP contribution in [0.5, 0.6) is 0 Å². The summed E-state index contributed by atoms with van der Waals surface area (Å²) in [5.74, 6) is 2.11. The molecule has 0 saturated carbocycles. The number of hydrogen-bond donors (Lipinski definition) is 0.